The standard InChI is InChI=1S/C24H25F3O3/c1-6-13-7-8-14(16-10-9-15(22(26)27)12-18(16)25)11-17(13)19-20(28)23(2,3)30-24(4,5)21(19)29/h7-12,22,28H,6H2,1-5H3. The van der Waals surface area contributed by atoms with E-state index in [1.54, 1.807) is 45.9 Å². The number of halogens is 3. The molecule has 0 unspecified atom stereocenters. The summed E-state index contributed by atoms with van der Waals surface area (Å²) in [6.45, 7) is 8.54. The second kappa shape index (κ2) is 7.58. The van der Waals surface area contributed by atoms with E-state index >= 15 is 0 Å². The highest BCUT2D eigenvalue weighted by Crippen LogP contribution is 2.42. The molecule has 1 aliphatic rings. The number of hydrogen-bond donors (Lipinski definition) is 1. The van der Waals surface area contributed by atoms with Crippen LogP contribution in [-0.2, 0) is 16.0 Å². The van der Waals surface area contributed by atoms with Gasteiger partial charge < -0.3 is 9.84 Å². The zero-order valence-electron chi connectivity index (χ0n) is 17.6. The van der Waals surface area contributed by atoms with Gasteiger partial charge >= 0.3 is 0 Å². The van der Waals surface area contributed by atoms with Gasteiger partial charge in [-0.3, -0.25) is 4.79 Å². The third-order valence-corrected chi connectivity index (χ3v) is 5.41. The van der Waals surface area contributed by atoms with Crippen molar-refractivity contribution >= 4 is 11.4 Å². The van der Waals surface area contributed by atoms with E-state index in [1.165, 1.54) is 12.1 Å². The molecule has 1 aliphatic heterocycles. The van der Waals surface area contributed by atoms with E-state index in [2.05, 4.69) is 0 Å². The fourth-order valence-corrected chi connectivity index (χ4v) is 3.88. The summed E-state index contributed by atoms with van der Waals surface area (Å²) >= 11 is 0. The molecule has 0 atom stereocenters. The number of rotatable bonds is 4. The molecule has 0 aromatic heterocycles. The molecule has 2 aromatic rings. The van der Waals surface area contributed by atoms with Crippen LogP contribution in [0.2, 0.25) is 0 Å². The van der Waals surface area contributed by atoms with E-state index in [9.17, 15) is 23.1 Å². The number of aryl methyl sites for hydroxylation is 1. The van der Waals surface area contributed by atoms with Gasteiger partial charge in [0, 0.05) is 11.1 Å². The normalized spacial score (nSPS) is 18.2. The number of alkyl halides is 2. The lowest BCUT2D eigenvalue weighted by atomic mass is 9.80. The van der Waals surface area contributed by atoms with E-state index < -0.39 is 29.0 Å². The summed E-state index contributed by atoms with van der Waals surface area (Å²) in [5, 5.41) is 10.9. The molecule has 30 heavy (non-hydrogen) atoms. The molecule has 0 saturated heterocycles. The molecule has 3 rings (SSSR count). The number of hydrogen-bond acceptors (Lipinski definition) is 3. The number of aliphatic hydroxyl groups is 1. The van der Waals surface area contributed by atoms with Gasteiger partial charge in [0.25, 0.3) is 6.43 Å². The second-order valence-corrected chi connectivity index (χ2v) is 8.44. The molecule has 2 aromatic carbocycles. The molecule has 3 nitrogen and oxygen atoms in total. The minimum absolute atomic E-state index is 0.138. The van der Waals surface area contributed by atoms with Crippen LogP contribution < -0.4 is 0 Å². The summed E-state index contributed by atoms with van der Waals surface area (Å²) in [7, 11) is 0. The van der Waals surface area contributed by atoms with Gasteiger partial charge in [-0.25, -0.2) is 13.2 Å². The zero-order valence-corrected chi connectivity index (χ0v) is 17.6. The van der Waals surface area contributed by atoms with Crippen molar-refractivity contribution in [3.8, 4) is 11.1 Å². The fourth-order valence-electron chi connectivity index (χ4n) is 3.88. The summed E-state index contributed by atoms with van der Waals surface area (Å²) in [5.41, 5.74) is -0.651. The van der Waals surface area contributed by atoms with Gasteiger partial charge in [0.05, 0.1) is 5.57 Å². The Morgan fingerprint density at radius 1 is 1.00 bits per heavy atom. The van der Waals surface area contributed by atoms with Gasteiger partial charge in [0.2, 0.25) is 0 Å². The number of aliphatic hydroxyl groups excluding tert-OH is 1. The van der Waals surface area contributed by atoms with Gasteiger partial charge in [-0.2, -0.15) is 0 Å². The molecule has 0 aliphatic carbocycles. The number of ether oxygens (including phenoxy) is 1. The molecule has 0 saturated carbocycles. The van der Waals surface area contributed by atoms with Crippen molar-refractivity contribution in [1.82, 2.24) is 0 Å². The summed E-state index contributed by atoms with van der Waals surface area (Å²) in [6, 6.07) is 8.36. The first-order chi connectivity index (χ1) is 13.9. The first kappa shape index (κ1) is 22.1. The highest BCUT2D eigenvalue weighted by Gasteiger charge is 2.47. The maximum atomic E-state index is 14.6. The van der Waals surface area contributed by atoms with E-state index in [1.807, 2.05) is 6.92 Å². The second-order valence-electron chi connectivity index (χ2n) is 8.44. The molecule has 0 bridgehead atoms. The van der Waals surface area contributed by atoms with Gasteiger partial charge in [-0.05, 0) is 62.9 Å². The van der Waals surface area contributed by atoms with Crippen molar-refractivity contribution in [2.75, 3.05) is 0 Å². The Kier molecular flexibility index (Phi) is 5.58. The SMILES string of the molecule is CCc1ccc(-c2ccc(C(F)F)cc2F)cc1C1=C(O)C(C)(C)OC(C)(C)C1=O. The van der Waals surface area contributed by atoms with Crippen LogP contribution in [0.5, 0.6) is 0 Å². The van der Waals surface area contributed by atoms with Gasteiger partial charge in [0.1, 0.15) is 22.8 Å². The Morgan fingerprint density at radius 2 is 1.67 bits per heavy atom. The zero-order chi connectivity index (χ0) is 22.4. The lowest BCUT2D eigenvalue weighted by Crippen LogP contribution is -2.49. The fraction of sp³-hybridized carbons (Fsp3) is 0.375. The lowest BCUT2D eigenvalue weighted by Gasteiger charge is -2.40. The molecule has 1 N–H and O–H groups in total. The Bertz CT molecular complexity index is 1040. The molecule has 0 radical (unpaired) electrons. The number of carbonyl (C=O) groups is 1. The first-order valence-electron chi connectivity index (χ1n) is 9.79. The molecule has 0 amide bonds. The van der Waals surface area contributed by atoms with E-state index in [-0.39, 0.29) is 22.7 Å². The number of ketones is 1. The molecule has 0 spiro atoms. The molecule has 0 fully saturated rings. The quantitative estimate of drug-likeness (QED) is 0.623. The average molecular weight is 418 g/mol. The molecular formula is C24H25F3O3. The van der Waals surface area contributed by atoms with Crippen LogP contribution in [0.15, 0.2) is 42.2 Å². The van der Waals surface area contributed by atoms with Gasteiger partial charge in [-0.1, -0.05) is 31.2 Å². The predicted octanol–water partition coefficient (Wildman–Crippen LogP) is 6.42. The average Bonchev–Trinajstić information content (AvgIpc) is 2.66. The van der Waals surface area contributed by atoms with Crippen molar-refractivity contribution < 1.29 is 27.8 Å². The summed E-state index contributed by atoms with van der Waals surface area (Å²) in [6.07, 6.45) is -2.19. The lowest BCUT2D eigenvalue weighted by molar-refractivity contribution is -0.158. The van der Waals surface area contributed by atoms with Crippen LogP contribution in [0, 0.1) is 5.82 Å². The van der Waals surface area contributed by atoms with E-state index in [4.69, 9.17) is 4.74 Å². The number of carbonyl (C=O) groups excluding carboxylic acids is 1. The van der Waals surface area contributed by atoms with Gasteiger partial charge in [-0.15, -0.1) is 0 Å². The predicted molar refractivity (Wildman–Crippen MR) is 110 cm³/mol. The third-order valence-electron chi connectivity index (χ3n) is 5.41. The first-order valence-corrected chi connectivity index (χ1v) is 9.79. The highest BCUT2D eigenvalue weighted by atomic mass is 19.3. The Labute approximate surface area is 174 Å². The topological polar surface area (TPSA) is 46.5 Å². The number of Topliss-reactive ketones (excluding diaryl/α,β-unsaturated/α-hetero) is 1. The van der Waals surface area contributed by atoms with Crippen LogP contribution in [0.25, 0.3) is 16.7 Å². The van der Waals surface area contributed by atoms with Crippen LogP contribution in [0.4, 0.5) is 13.2 Å². The van der Waals surface area contributed by atoms with Crippen molar-refractivity contribution in [3.63, 3.8) is 0 Å². The van der Waals surface area contributed by atoms with E-state index in [0.717, 1.165) is 11.6 Å². The smallest absolute Gasteiger partial charge is 0.263 e. The summed E-state index contributed by atoms with van der Waals surface area (Å²) in [5.74, 6) is -1.34. The third kappa shape index (κ3) is 3.76. The minimum atomic E-state index is -2.77. The van der Waals surface area contributed by atoms with Crippen LogP contribution in [0.3, 0.4) is 0 Å². The van der Waals surface area contributed by atoms with Crippen LogP contribution in [-0.4, -0.2) is 22.1 Å². The van der Waals surface area contributed by atoms with E-state index in [0.29, 0.717) is 17.5 Å². The summed E-state index contributed by atoms with van der Waals surface area (Å²) in [4.78, 5) is 13.1. The van der Waals surface area contributed by atoms with Crippen molar-refractivity contribution in [2.45, 2.75) is 58.7 Å². The molecule has 1 heterocycles. The Morgan fingerprint density at radius 3 is 2.23 bits per heavy atom. The van der Waals surface area contributed by atoms with Gasteiger partial charge in [0.15, 0.2) is 5.78 Å². The monoisotopic (exact) mass is 418 g/mol. The van der Waals surface area contributed by atoms with Crippen molar-refractivity contribution in [1.29, 1.82) is 0 Å². The molecule has 6 heteroatoms. The number of benzene rings is 2. The molecular weight excluding hydrogens is 393 g/mol. The van der Waals surface area contributed by atoms with Crippen molar-refractivity contribution in [2.24, 2.45) is 0 Å². The summed E-state index contributed by atoms with van der Waals surface area (Å²) < 4.78 is 46.1. The van der Waals surface area contributed by atoms with Crippen molar-refractivity contribution in [3.05, 3.63) is 64.7 Å². The maximum Gasteiger partial charge on any atom is 0.263 e. The minimum Gasteiger partial charge on any atom is -0.508 e. The maximum absolute atomic E-state index is 14.6. The molecule has 160 valence electrons. The van der Waals surface area contributed by atoms with Crippen LogP contribution in [0.1, 0.15) is 57.7 Å². The Balaban J connectivity index is 2.23. The van der Waals surface area contributed by atoms with Crippen LogP contribution >= 0.6 is 0 Å². The Hall–Kier alpha value is -2.60. The largest absolute Gasteiger partial charge is 0.508 e. The highest BCUT2D eigenvalue weighted by molar-refractivity contribution is 6.26.